The number of nitrogens with one attached hydrogen (secondary N) is 1. The Morgan fingerprint density at radius 2 is 1.83 bits per heavy atom. The maximum atomic E-state index is 14.1. The average molecular weight is 433 g/mol. The molecule has 2 aromatic carbocycles. The van der Waals surface area contributed by atoms with Gasteiger partial charge in [0.2, 0.25) is 0 Å². The van der Waals surface area contributed by atoms with E-state index in [0.29, 0.717) is 16.3 Å². The highest BCUT2D eigenvalue weighted by Crippen LogP contribution is 2.35. The Morgan fingerprint density at radius 1 is 1.14 bits per heavy atom. The van der Waals surface area contributed by atoms with Gasteiger partial charge in [-0.3, -0.25) is 4.79 Å². The van der Waals surface area contributed by atoms with Gasteiger partial charge in [-0.05, 0) is 55.2 Å². The van der Waals surface area contributed by atoms with Crippen LogP contribution in [0.25, 0.3) is 0 Å². The van der Waals surface area contributed by atoms with E-state index in [2.05, 4.69) is 5.32 Å². The van der Waals surface area contributed by atoms with Crippen LogP contribution in [-0.4, -0.2) is 30.1 Å². The summed E-state index contributed by atoms with van der Waals surface area (Å²) in [5.41, 5.74) is 1.96. The lowest BCUT2D eigenvalue weighted by Gasteiger charge is -2.22. The summed E-state index contributed by atoms with van der Waals surface area (Å²) in [6.07, 6.45) is -4.55. The van der Waals surface area contributed by atoms with Gasteiger partial charge in [-0.15, -0.1) is 0 Å². The molecule has 1 amide bonds. The number of rotatable bonds is 3. The van der Waals surface area contributed by atoms with Gasteiger partial charge in [0.15, 0.2) is 0 Å². The van der Waals surface area contributed by atoms with E-state index in [-0.39, 0.29) is 31.5 Å². The van der Waals surface area contributed by atoms with Crippen molar-refractivity contribution in [3.63, 3.8) is 0 Å². The summed E-state index contributed by atoms with van der Waals surface area (Å²) < 4.78 is 65.9. The SMILES string of the molecule is CC(Nc1c(Cl)ccc2c1CCN(C(=O)C(F)(F)F)CC2)c1cc(F)ccc1F. The Hall–Kier alpha value is -2.35. The van der Waals surface area contributed by atoms with Crippen molar-refractivity contribution in [3.05, 3.63) is 63.7 Å². The average Bonchev–Trinajstić information content (AvgIpc) is 2.87. The molecule has 9 heteroatoms. The zero-order valence-electron chi connectivity index (χ0n) is 15.4. The third-order valence-corrected chi connectivity index (χ3v) is 5.27. The van der Waals surface area contributed by atoms with Crippen LogP contribution in [0.15, 0.2) is 30.3 Å². The molecule has 0 aliphatic carbocycles. The summed E-state index contributed by atoms with van der Waals surface area (Å²) in [5, 5.41) is 3.37. The molecule has 1 aliphatic heterocycles. The van der Waals surface area contributed by atoms with Gasteiger partial charge in [-0.25, -0.2) is 8.78 Å². The zero-order chi connectivity index (χ0) is 21.3. The van der Waals surface area contributed by atoms with Crippen molar-refractivity contribution in [1.29, 1.82) is 0 Å². The third kappa shape index (κ3) is 4.63. The van der Waals surface area contributed by atoms with Crippen LogP contribution in [0.2, 0.25) is 5.02 Å². The summed E-state index contributed by atoms with van der Waals surface area (Å²) >= 11 is 6.30. The number of nitrogens with zero attached hydrogens (tertiary/aromatic N) is 1. The first-order valence-corrected chi connectivity index (χ1v) is 9.33. The summed E-state index contributed by atoms with van der Waals surface area (Å²) in [7, 11) is 0. The highest BCUT2D eigenvalue weighted by atomic mass is 35.5. The van der Waals surface area contributed by atoms with E-state index in [4.69, 9.17) is 11.6 Å². The molecule has 0 bridgehead atoms. The predicted octanol–water partition coefficient (Wildman–Crippen LogP) is 5.28. The Kier molecular flexibility index (Phi) is 6.03. The molecular weight excluding hydrogens is 415 g/mol. The van der Waals surface area contributed by atoms with E-state index in [1.165, 1.54) is 0 Å². The van der Waals surface area contributed by atoms with Crippen LogP contribution in [0.4, 0.5) is 27.6 Å². The number of carbonyl (C=O) groups excluding carboxylic acids is 1. The third-order valence-electron chi connectivity index (χ3n) is 4.96. The number of fused-ring (bicyclic) bond motifs is 1. The number of anilines is 1. The number of halogens is 6. The first-order chi connectivity index (χ1) is 13.6. The molecule has 156 valence electrons. The lowest BCUT2D eigenvalue weighted by molar-refractivity contribution is -0.185. The van der Waals surface area contributed by atoms with Crippen molar-refractivity contribution in [2.75, 3.05) is 18.4 Å². The molecular formula is C20H18ClF5N2O. The lowest BCUT2D eigenvalue weighted by atomic mass is 9.99. The van der Waals surface area contributed by atoms with Gasteiger partial charge < -0.3 is 10.2 Å². The smallest absolute Gasteiger partial charge is 0.377 e. The maximum absolute atomic E-state index is 14.1. The second-order valence-electron chi connectivity index (χ2n) is 6.88. The van der Waals surface area contributed by atoms with Gasteiger partial charge in [0, 0.05) is 18.7 Å². The minimum Gasteiger partial charge on any atom is -0.377 e. The topological polar surface area (TPSA) is 32.3 Å². The number of hydrogen-bond donors (Lipinski definition) is 1. The minimum absolute atomic E-state index is 0.0690. The standard InChI is InChI=1S/C20H18ClF5N2O/c1-11(15-10-13(22)3-5-17(15)23)27-18-14-7-9-28(19(29)20(24,25)26)8-6-12(14)2-4-16(18)21/h2-5,10-11,27H,6-9H2,1H3. The number of alkyl halides is 3. The molecule has 3 nitrogen and oxygen atoms in total. The second kappa shape index (κ2) is 8.18. The Morgan fingerprint density at radius 3 is 2.52 bits per heavy atom. The fourth-order valence-electron chi connectivity index (χ4n) is 3.48. The summed E-state index contributed by atoms with van der Waals surface area (Å²) in [6, 6.07) is 5.77. The van der Waals surface area contributed by atoms with Crippen molar-refractivity contribution >= 4 is 23.2 Å². The van der Waals surface area contributed by atoms with Crippen LogP contribution in [0.3, 0.4) is 0 Å². The second-order valence-corrected chi connectivity index (χ2v) is 7.29. The minimum atomic E-state index is -4.93. The molecule has 1 heterocycles. The van der Waals surface area contributed by atoms with Gasteiger partial charge in [0.1, 0.15) is 11.6 Å². The zero-order valence-corrected chi connectivity index (χ0v) is 16.2. The van der Waals surface area contributed by atoms with Gasteiger partial charge in [0.25, 0.3) is 0 Å². The summed E-state index contributed by atoms with van der Waals surface area (Å²) in [5.74, 6) is -3.05. The van der Waals surface area contributed by atoms with E-state index in [1.54, 1.807) is 19.1 Å². The molecule has 1 N–H and O–H groups in total. The van der Waals surface area contributed by atoms with Crippen LogP contribution in [0.5, 0.6) is 0 Å². The predicted molar refractivity (Wildman–Crippen MR) is 99.9 cm³/mol. The molecule has 0 spiro atoms. The fraction of sp³-hybridized carbons (Fsp3) is 0.350. The first kappa shape index (κ1) is 21.4. The molecule has 0 fully saturated rings. The van der Waals surface area contributed by atoms with Crippen molar-refractivity contribution in [1.82, 2.24) is 4.90 Å². The summed E-state index contributed by atoms with van der Waals surface area (Å²) in [4.78, 5) is 12.4. The molecule has 2 aromatic rings. The molecule has 0 saturated carbocycles. The van der Waals surface area contributed by atoms with Crippen LogP contribution in [0.1, 0.15) is 29.7 Å². The van der Waals surface area contributed by atoms with Crippen molar-refractivity contribution < 1.29 is 26.7 Å². The maximum Gasteiger partial charge on any atom is 0.471 e. The van der Waals surface area contributed by atoms with E-state index in [0.717, 1.165) is 28.7 Å². The molecule has 1 unspecified atom stereocenters. The van der Waals surface area contributed by atoms with E-state index < -0.39 is 29.8 Å². The molecule has 29 heavy (non-hydrogen) atoms. The number of benzene rings is 2. The molecule has 0 aromatic heterocycles. The van der Waals surface area contributed by atoms with Crippen molar-refractivity contribution in [3.8, 4) is 0 Å². The van der Waals surface area contributed by atoms with Gasteiger partial charge in [0.05, 0.1) is 16.8 Å². The van der Waals surface area contributed by atoms with Crippen molar-refractivity contribution in [2.24, 2.45) is 0 Å². The number of carbonyl (C=O) groups is 1. The normalized spacial score (nSPS) is 15.5. The van der Waals surface area contributed by atoms with E-state index in [1.807, 2.05) is 0 Å². The monoisotopic (exact) mass is 432 g/mol. The van der Waals surface area contributed by atoms with Crippen LogP contribution in [0, 0.1) is 11.6 Å². The molecule has 3 rings (SSSR count). The van der Waals surface area contributed by atoms with E-state index >= 15 is 0 Å². The van der Waals surface area contributed by atoms with Gasteiger partial charge in [-0.2, -0.15) is 13.2 Å². The van der Waals surface area contributed by atoms with Crippen LogP contribution in [-0.2, 0) is 17.6 Å². The lowest BCUT2D eigenvalue weighted by Crippen LogP contribution is -2.42. The highest BCUT2D eigenvalue weighted by Gasteiger charge is 2.42. The van der Waals surface area contributed by atoms with Crippen LogP contribution < -0.4 is 5.32 Å². The van der Waals surface area contributed by atoms with E-state index in [9.17, 15) is 26.7 Å². The van der Waals surface area contributed by atoms with Gasteiger partial charge >= 0.3 is 12.1 Å². The van der Waals surface area contributed by atoms with Gasteiger partial charge in [-0.1, -0.05) is 17.7 Å². The quantitative estimate of drug-likeness (QED) is 0.669. The molecule has 0 radical (unpaired) electrons. The molecule has 1 atom stereocenters. The van der Waals surface area contributed by atoms with Crippen molar-refractivity contribution in [2.45, 2.75) is 32.0 Å². The number of hydrogen-bond acceptors (Lipinski definition) is 2. The fourth-order valence-corrected chi connectivity index (χ4v) is 3.71. The van der Waals surface area contributed by atoms with Crippen LogP contribution >= 0.6 is 11.6 Å². The molecule has 0 saturated heterocycles. The largest absolute Gasteiger partial charge is 0.471 e. The number of amides is 1. The molecule has 1 aliphatic rings. The highest BCUT2D eigenvalue weighted by molar-refractivity contribution is 6.33. The Bertz CT molecular complexity index is 932. The Balaban J connectivity index is 1.88. The Labute approximate surface area is 169 Å². The first-order valence-electron chi connectivity index (χ1n) is 8.95. The summed E-state index contributed by atoms with van der Waals surface area (Å²) in [6.45, 7) is 1.44.